The largest absolute Gasteiger partial charge is 0.493 e. The molecule has 20 heavy (non-hydrogen) atoms. The number of nitrogens with two attached hydrogens (primary N) is 2. The lowest BCUT2D eigenvalue weighted by Gasteiger charge is -2.27. The second kappa shape index (κ2) is 5.75. The first kappa shape index (κ1) is 14.7. The van der Waals surface area contributed by atoms with Crippen LogP contribution in [0.1, 0.15) is 25.7 Å². The van der Waals surface area contributed by atoms with Crippen molar-refractivity contribution in [3.05, 3.63) is 29.8 Å². The highest BCUT2D eigenvalue weighted by molar-refractivity contribution is 5.85. The van der Waals surface area contributed by atoms with Crippen LogP contribution in [0.15, 0.2) is 18.2 Å². The lowest BCUT2D eigenvalue weighted by Crippen LogP contribution is -2.54. The number of amides is 1. The smallest absolute Gasteiger partial charge is 0.237 e. The highest BCUT2D eigenvalue weighted by atomic mass is 19.1. The van der Waals surface area contributed by atoms with Gasteiger partial charge in [0, 0.05) is 18.2 Å². The molecule has 1 fully saturated rings. The maximum absolute atomic E-state index is 13.0. The third-order valence-corrected chi connectivity index (χ3v) is 3.90. The summed E-state index contributed by atoms with van der Waals surface area (Å²) in [6, 6.07) is 3.00. The number of ether oxygens (including phenoxy) is 1. The van der Waals surface area contributed by atoms with Crippen LogP contribution in [-0.4, -0.2) is 18.1 Å². The number of carbonyl (C=O) groups excluding carboxylic acids is 1. The van der Waals surface area contributed by atoms with Gasteiger partial charge in [0.25, 0.3) is 0 Å². The van der Waals surface area contributed by atoms with E-state index in [-0.39, 0.29) is 18.3 Å². The maximum atomic E-state index is 13.0. The molecule has 0 aliphatic heterocycles. The van der Waals surface area contributed by atoms with Gasteiger partial charge >= 0.3 is 0 Å². The molecule has 1 aliphatic rings. The fourth-order valence-electron chi connectivity index (χ4n) is 2.76. The molecule has 0 aromatic heterocycles. The molecular formula is C14H18F2N2O2. The molecule has 1 saturated carbocycles. The lowest BCUT2D eigenvalue weighted by atomic mass is 9.85. The van der Waals surface area contributed by atoms with Gasteiger partial charge in [0.2, 0.25) is 5.91 Å². The zero-order valence-electron chi connectivity index (χ0n) is 11.1. The Morgan fingerprint density at radius 3 is 2.60 bits per heavy atom. The summed E-state index contributed by atoms with van der Waals surface area (Å²) < 4.78 is 31.3. The van der Waals surface area contributed by atoms with Gasteiger partial charge in [-0.25, -0.2) is 8.78 Å². The standard InChI is InChI=1S/C14H18F2N2O2/c15-10-6-11(16)8-12(7-10)20-5-3-9-2-1-4-14(9,18)13(17)19/h6-9H,1-5,18H2,(H2,17,19). The molecule has 0 heterocycles. The van der Waals surface area contributed by atoms with Crippen LogP contribution >= 0.6 is 0 Å². The third-order valence-electron chi connectivity index (χ3n) is 3.90. The molecule has 1 aromatic carbocycles. The van der Waals surface area contributed by atoms with E-state index in [1.807, 2.05) is 0 Å². The van der Waals surface area contributed by atoms with Gasteiger partial charge in [-0.1, -0.05) is 6.42 Å². The second-order valence-electron chi connectivity index (χ2n) is 5.24. The van der Waals surface area contributed by atoms with Crippen LogP contribution < -0.4 is 16.2 Å². The molecule has 2 atom stereocenters. The van der Waals surface area contributed by atoms with Crippen molar-refractivity contribution >= 4 is 5.91 Å². The summed E-state index contributed by atoms with van der Waals surface area (Å²) in [7, 11) is 0. The molecular weight excluding hydrogens is 266 g/mol. The van der Waals surface area contributed by atoms with E-state index in [0.29, 0.717) is 12.8 Å². The Morgan fingerprint density at radius 1 is 1.35 bits per heavy atom. The summed E-state index contributed by atoms with van der Waals surface area (Å²) in [5.74, 6) is -1.81. The first-order valence-corrected chi connectivity index (χ1v) is 6.59. The fourth-order valence-corrected chi connectivity index (χ4v) is 2.76. The van der Waals surface area contributed by atoms with E-state index in [4.69, 9.17) is 16.2 Å². The van der Waals surface area contributed by atoms with Gasteiger partial charge in [-0.3, -0.25) is 4.79 Å². The van der Waals surface area contributed by atoms with E-state index in [9.17, 15) is 13.6 Å². The van der Waals surface area contributed by atoms with Crippen LogP contribution in [0, 0.1) is 17.6 Å². The normalized spacial score (nSPS) is 25.6. The zero-order valence-corrected chi connectivity index (χ0v) is 11.1. The Bertz CT molecular complexity index is 490. The predicted molar refractivity (Wildman–Crippen MR) is 69.9 cm³/mol. The van der Waals surface area contributed by atoms with Crippen LogP contribution in [0.25, 0.3) is 0 Å². The first-order valence-electron chi connectivity index (χ1n) is 6.59. The average molecular weight is 284 g/mol. The summed E-state index contributed by atoms with van der Waals surface area (Å²) in [6.45, 7) is 0.236. The molecule has 6 heteroatoms. The molecule has 4 nitrogen and oxygen atoms in total. The minimum Gasteiger partial charge on any atom is -0.493 e. The predicted octanol–water partition coefficient (Wildman–Crippen LogP) is 1.72. The number of hydrogen-bond donors (Lipinski definition) is 2. The highest BCUT2D eigenvalue weighted by Crippen LogP contribution is 2.35. The van der Waals surface area contributed by atoms with Crippen LogP contribution in [0.4, 0.5) is 8.78 Å². The van der Waals surface area contributed by atoms with Crippen molar-refractivity contribution in [2.75, 3.05) is 6.61 Å². The Hall–Kier alpha value is -1.69. The third kappa shape index (κ3) is 3.07. The van der Waals surface area contributed by atoms with Gasteiger partial charge in [-0.2, -0.15) is 0 Å². The summed E-state index contributed by atoms with van der Waals surface area (Å²) in [4.78, 5) is 11.4. The highest BCUT2D eigenvalue weighted by Gasteiger charge is 2.43. The van der Waals surface area contributed by atoms with Crippen molar-refractivity contribution < 1.29 is 18.3 Å². The summed E-state index contributed by atoms with van der Waals surface area (Å²) in [6.07, 6.45) is 2.75. The Balaban J connectivity index is 1.91. The van der Waals surface area contributed by atoms with Crippen molar-refractivity contribution in [3.8, 4) is 5.75 Å². The molecule has 0 radical (unpaired) electrons. The van der Waals surface area contributed by atoms with Crippen molar-refractivity contribution in [2.24, 2.45) is 17.4 Å². The first-order chi connectivity index (χ1) is 9.41. The van der Waals surface area contributed by atoms with Crippen LogP contribution in [0.3, 0.4) is 0 Å². The molecule has 1 aromatic rings. The van der Waals surface area contributed by atoms with Gasteiger partial charge < -0.3 is 16.2 Å². The molecule has 0 spiro atoms. The minimum absolute atomic E-state index is 0.0570. The molecule has 4 N–H and O–H groups in total. The summed E-state index contributed by atoms with van der Waals surface area (Å²) >= 11 is 0. The SMILES string of the molecule is NC(=O)C1(N)CCCC1CCOc1cc(F)cc(F)c1. The van der Waals surface area contributed by atoms with Crippen molar-refractivity contribution in [1.29, 1.82) is 0 Å². The summed E-state index contributed by atoms with van der Waals surface area (Å²) in [5, 5.41) is 0. The maximum Gasteiger partial charge on any atom is 0.237 e. The Labute approximate surface area is 116 Å². The van der Waals surface area contributed by atoms with E-state index in [1.165, 1.54) is 0 Å². The molecule has 0 saturated heterocycles. The number of rotatable bonds is 5. The van der Waals surface area contributed by atoms with Gasteiger partial charge in [0.1, 0.15) is 17.4 Å². The van der Waals surface area contributed by atoms with Crippen molar-refractivity contribution in [1.82, 2.24) is 0 Å². The molecule has 0 bridgehead atoms. The number of benzene rings is 1. The van der Waals surface area contributed by atoms with E-state index in [2.05, 4.69) is 0 Å². The van der Waals surface area contributed by atoms with Gasteiger partial charge in [-0.15, -0.1) is 0 Å². The van der Waals surface area contributed by atoms with Gasteiger partial charge in [-0.05, 0) is 25.2 Å². The Kier molecular flexibility index (Phi) is 4.23. The fraction of sp³-hybridized carbons (Fsp3) is 0.500. The summed E-state index contributed by atoms with van der Waals surface area (Å²) in [5.41, 5.74) is 10.4. The van der Waals surface area contributed by atoms with E-state index >= 15 is 0 Å². The molecule has 2 rings (SSSR count). The van der Waals surface area contributed by atoms with E-state index in [0.717, 1.165) is 31.0 Å². The number of carbonyl (C=O) groups is 1. The van der Waals surface area contributed by atoms with Crippen LogP contribution in [0.2, 0.25) is 0 Å². The second-order valence-corrected chi connectivity index (χ2v) is 5.24. The Morgan fingerprint density at radius 2 is 2.00 bits per heavy atom. The van der Waals surface area contributed by atoms with Crippen LogP contribution in [-0.2, 0) is 4.79 Å². The van der Waals surface area contributed by atoms with Gasteiger partial charge in [0.05, 0.1) is 12.1 Å². The van der Waals surface area contributed by atoms with Crippen molar-refractivity contribution in [2.45, 2.75) is 31.2 Å². The number of primary amides is 1. The van der Waals surface area contributed by atoms with Crippen LogP contribution in [0.5, 0.6) is 5.75 Å². The average Bonchev–Trinajstić information content (AvgIpc) is 2.71. The molecule has 110 valence electrons. The quantitative estimate of drug-likeness (QED) is 0.864. The number of hydrogen-bond acceptors (Lipinski definition) is 3. The number of halogens is 2. The van der Waals surface area contributed by atoms with E-state index in [1.54, 1.807) is 0 Å². The zero-order chi connectivity index (χ0) is 14.8. The molecule has 2 unspecified atom stereocenters. The minimum atomic E-state index is -0.990. The van der Waals surface area contributed by atoms with Crippen molar-refractivity contribution in [3.63, 3.8) is 0 Å². The van der Waals surface area contributed by atoms with E-state index < -0.39 is 23.1 Å². The monoisotopic (exact) mass is 284 g/mol. The molecule has 1 amide bonds. The van der Waals surface area contributed by atoms with Gasteiger partial charge in [0.15, 0.2) is 0 Å². The topological polar surface area (TPSA) is 78.3 Å². The molecule has 1 aliphatic carbocycles. The lowest BCUT2D eigenvalue weighted by molar-refractivity contribution is -0.124.